The highest BCUT2D eigenvalue weighted by Crippen LogP contribution is 2.23. The molecule has 1 rings (SSSR count). The summed E-state index contributed by atoms with van der Waals surface area (Å²) in [4.78, 5) is 13.9. The zero-order valence-corrected chi connectivity index (χ0v) is 9.29. The normalized spacial score (nSPS) is 25.4. The van der Waals surface area contributed by atoms with E-state index in [9.17, 15) is 4.79 Å². The molecule has 0 aliphatic carbocycles. The zero-order valence-electron chi connectivity index (χ0n) is 9.29. The van der Waals surface area contributed by atoms with Gasteiger partial charge in [0, 0.05) is 6.04 Å². The predicted octanol–water partition coefficient (Wildman–Crippen LogP) is 0.485. The average molecular weight is 199 g/mol. The zero-order chi connectivity index (χ0) is 10.7. The smallest absolute Gasteiger partial charge is 0.251 e. The van der Waals surface area contributed by atoms with E-state index in [4.69, 9.17) is 5.84 Å². The van der Waals surface area contributed by atoms with Gasteiger partial charge in [0.1, 0.15) is 0 Å². The van der Waals surface area contributed by atoms with Crippen molar-refractivity contribution in [1.29, 1.82) is 0 Å². The summed E-state index contributed by atoms with van der Waals surface area (Å²) in [5.41, 5.74) is 2.26. The first-order valence-electron chi connectivity index (χ1n) is 5.34. The van der Waals surface area contributed by atoms with E-state index in [-0.39, 0.29) is 11.9 Å². The Kier molecular flexibility index (Phi) is 3.89. The number of nitrogens with one attached hydrogen (secondary N) is 1. The van der Waals surface area contributed by atoms with E-state index in [1.807, 2.05) is 0 Å². The molecule has 1 heterocycles. The molecular weight excluding hydrogens is 178 g/mol. The molecule has 1 aliphatic rings. The van der Waals surface area contributed by atoms with Crippen molar-refractivity contribution >= 4 is 5.91 Å². The molecule has 3 N–H and O–H groups in total. The van der Waals surface area contributed by atoms with Crippen molar-refractivity contribution in [2.75, 3.05) is 6.54 Å². The van der Waals surface area contributed by atoms with Gasteiger partial charge in [0.15, 0.2) is 0 Å². The van der Waals surface area contributed by atoms with Crippen molar-refractivity contribution in [1.82, 2.24) is 10.3 Å². The van der Waals surface area contributed by atoms with Crippen LogP contribution in [0.3, 0.4) is 0 Å². The quantitative estimate of drug-likeness (QED) is 0.395. The second-order valence-electron chi connectivity index (χ2n) is 4.43. The second kappa shape index (κ2) is 4.75. The van der Waals surface area contributed by atoms with Gasteiger partial charge in [-0.25, -0.2) is 5.84 Å². The van der Waals surface area contributed by atoms with Gasteiger partial charge < -0.3 is 0 Å². The molecule has 1 amide bonds. The van der Waals surface area contributed by atoms with Crippen LogP contribution in [0, 0.1) is 5.92 Å². The van der Waals surface area contributed by atoms with Crippen molar-refractivity contribution in [2.24, 2.45) is 11.8 Å². The van der Waals surface area contributed by atoms with Gasteiger partial charge in [-0.2, -0.15) is 0 Å². The lowest BCUT2D eigenvalue weighted by Crippen LogP contribution is -2.52. The van der Waals surface area contributed by atoms with E-state index in [1.165, 1.54) is 12.8 Å². The summed E-state index contributed by atoms with van der Waals surface area (Å²) < 4.78 is 0. The molecule has 1 saturated heterocycles. The summed E-state index contributed by atoms with van der Waals surface area (Å²) >= 11 is 0. The number of likely N-dealkylation sites (tertiary alicyclic amines) is 1. The highest BCUT2D eigenvalue weighted by atomic mass is 16.2. The molecule has 0 radical (unpaired) electrons. The van der Waals surface area contributed by atoms with Gasteiger partial charge in [0.25, 0.3) is 5.91 Å². The third kappa shape index (κ3) is 2.25. The van der Waals surface area contributed by atoms with E-state index in [2.05, 4.69) is 31.1 Å². The van der Waals surface area contributed by atoms with Gasteiger partial charge in [0.2, 0.25) is 0 Å². The number of nitrogens with zero attached hydrogens (tertiary/aromatic N) is 1. The SMILES string of the molecule is CC(C)C(C(=O)NN)N1CCCC1C. The largest absolute Gasteiger partial charge is 0.293 e. The van der Waals surface area contributed by atoms with Gasteiger partial charge in [-0.05, 0) is 32.2 Å². The standard InChI is InChI=1S/C10H21N3O/c1-7(2)9(10(14)12-11)13-6-4-5-8(13)3/h7-9H,4-6,11H2,1-3H3,(H,12,14). The molecule has 1 fully saturated rings. The van der Waals surface area contributed by atoms with E-state index in [0.29, 0.717) is 12.0 Å². The summed E-state index contributed by atoms with van der Waals surface area (Å²) in [6, 6.07) is 0.428. The Balaban J connectivity index is 2.71. The van der Waals surface area contributed by atoms with Gasteiger partial charge in [-0.3, -0.25) is 15.1 Å². The third-order valence-corrected chi connectivity index (χ3v) is 3.00. The van der Waals surface area contributed by atoms with Crippen LogP contribution in [-0.4, -0.2) is 29.4 Å². The first-order chi connectivity index (χ1) is 6.57. The van der Waals surface area contributed by atoms with Crippen LogP contribution in [0.25, 0.3) is 0 Å². The molecule has 0 aromatic heterocycles. The number of amides is 1. The van der Waals surface area contributed by atoms with Gasteiger partial charge in [-0.1, -0.05) is 13.8 Å². The second-order valence-corrected chi connectivity index (χ2v) is 4.43. The Morgan fingerprint density at radius 1 is 1.57 bits per heavy atom. The van der Waals surface area contributed by atoms with E-state index in [1.54, 1.807) is 0 Å². The maximum atomic E-state index is 11.6. The minimum Gasteiger partial charge on any atom is -0.293 e. The molecule has 0 aromatic carbocycles. The third-order valence-electron chi connectivity index (χ3n) is 3.00. The molecule has 4 heteroatoms. The van der Waals surface area contributed by atoms with E-state index < -0.39 is 0 Å². The number of nitrogens with two attached hydrogens (primary N) is 1. The van der Waals surface area contributed by atoms with Crippen LogP contribution >= 0.6 is 0 Å². The lowest BCUT2D eigenvalue weighted by molar-refractivity contribution is -0.128. The maximum absolute atomic E-state index is 11.6. The molecule has 82 valence electrons. The Bertz CT molecular complexity index is 206. The number of carbonyl (C=O) groups is 1. The fourth-order valence-electron chi connectivity index (χ4n) is 2.29. The summed E-state index contributed by atoms with van der Waals surface area (Å²) in [6.07, 6.45) is 2.36. The number of carbonyl (C=O) groups excluding carboxylic acids is 1. The summed E-state index contributed by atoms with van der Waals surface area (Å²) in [7, 11) is 0. The van der Waals surface area contributed by atoms with Crippen molar-refractivity contribution in [3.8, 4) is 0 Å². The highest BCUT2D eigenvalue weighted by Gasteiger charge is 2.33. The Morgan fingerprint density at radius 2 is 2.21 bits per heavy atom. The summed E-state index contributed by atoms with van der Waals surface area (Å²) in [6.45, 7) is 7.31. The monoisotopic (exact) mass is 199 g/mol. The molecule has 4 nitrogen and oxygen atoms in total. The van der Waals surface area contributed by atoms with Crippen molar-refractivity contribution in [3.63, 3.8) is 0 Å². The predicted molar refractivity (Wildman–Crippen MR) is 56.4 cm³/mol. The minimum atomic E-state index is -0.0718. The topological polar surface area (TPSA) is 58.4 Å². The van der Waals surface area contributed by atoms with Crippen LogP contribution in [0.15, 0.2) is 0 Å². The summed E-state index contributed by atoms with van der Waals surface area (Å²) in [5.74, 6) is 5.44. The maximum Gasteiger partial charge on any atom is 0.251 e. The molecule has 0 saturated carbocycles. The molecule has 0 aromatic rings. The summed E-state index contributed by atoms with van der Waals surface area (Å²) in [5, 5.41) is 0. The highest BCUT2D eigenvalue weighted by molar-refractivity contribution is 5.81. The number of hydrogen-bond donors (Lipinski definition) is 2. The number of hydrazine groups is 1. The molecule has 0 bridgehead atoms. The van der Waals surface area contributed by atoms with Crippen molar-refractivity contribution < 1.29 is 4.79 Å². The molecule has 1 aliphatic heterocycles. The molecule has 2 atom stereocenters. The first kappa shape index (κ1) is 11.5. The minimum absolute atomic E-state index is 0.0613. The Morgan fingerprint density at radius 3 is 2.57 bits per heavy atom. The Hall–Kier alpha value is -0.610. The van der Waals surface area contributed by atoms with E-state index >= 15 is 0 Å². The van der Waals surface area contributed by atoms with Crippen LogP contribution in [0.4, 0.5) is 0 Å². The number of hydrogen-bond acceptors (Lipinski definition) is 3. The first-order valence-corrected chi connectivity index (χ1v) is 5.34. The molecule has 14 heavy (non-hydrogen) atoms. The van der Waals surface area contributed by atoms with Gasteiger partial charge in [-0.15, -0.1) is 0 Å². The lowest BCUT2D eigenvalue weighted by atomic mass is 10.0. The van der Waals surface area contributed by atoms with Gasteiger partial charge >= 0.3 is 0 Å². The van der Waals surface area contributed by atoms with Crippen LogP contribution in [0.1, 0.15) is 33.6 Å². The van der Waals surface area contributed by atoms with Crippen LogP contribution in [-0.2, 0) is 4.79 Å². The fourth-order valence-corrected chi connectivity index (χ4v) is 2.29. The molecule has 2 unspecified atom stereocenters. The molecular formula is C10H21N3O. The van der Waals surface area contributed by atoms with Crippen molar-refractivity contribution in [2.45, 2.75) is 45.7 Å². The van der Waals surface area contributed by atoms with Crippen LogP contribution in [0.2, 0.25) is 0 Å². The molecule has 0 spiro atoms. The van der Waals surface area contributed by atoms with Crippen LogP contribution in [0.5, 0.6) is 0 Å². The lowest BCUT2D eigenvalue weighted by Gasteiger charge is -2.32. The number of rotatable bonds is 3. The van der Waals surface area contributed by atoms with Crippen LogP contribution < -0.4 is 11.3 Å². The van der Waals surface area contributed by atoms with Crippen molar-refractivity contribution in [3.05, 3.63) is 0 Å². The average Bonchev–Trinajstić information content (AvgIpc) is 2.52. The Labute approximate surface area is 85.8 Å². The van der Waals surface area contributed by atoms with Gasteiger partial charge in [0.05, 0.1) is 6.04 Å². The fraction of sp³-hybridized carbons (Fsp3) is 0.900. The van der Waals surface area contributed by atoms with E-state index in [0.717, 1.165) is 6.54 Å².